The SMILES string of the molecule is O=C(CCCC(F)(F)F)N1CC[C@@H]2CC[C@H](Oc3cccc(C(F)(F)F)n3)N2C1. The highest BCUT2D eigenvalue weighted by molar-refractivity contribution is 5.76. The minimum atomic E-state index is -4.58. The molecule has 0 saturated carbocycles. The van der Waals surface area contributed by atoms with E-state index in [9.17, 15) is 31.1 Å². The Hall–Kier alpha value is -2.04. The summed E-state index contributed by atoms with van der Waals surface area (Å²) in [4.78, 5) is 19.1. The third-order valence-electron chi connectivity index (χ3n) is 5.13. The highest BCUT2D eigenvalue weighted by Crippen LogP contribution is 2.33. The molecule has 2 atom stereocenters. The van der Waals surface area contributed by atoms with E-state index in [2.05, 4.69) is 4.98 Å². The van der Waals surface area contributed by atoms with Gasteiger partial charge in [-0.2, -0.15) is 26.3 Å². The zero-order valence-corrected chi connectivity index (χ0v) is 15.5. The average molecular weight is 425 g/mol. The van der Waals surface area contributed by atoms with Crippen LogP contribution in [-0.2, 0) is 11.0 Å². The zero-order chi connectivity index (χ0) is 21.2. The topological polar surface area (TPSA) is 45.7 Å². The van der Waals surface area contributed by atoms with Gasteiger partial charge in [0.25, 0.3) is 0 Å². The fourth-order valence-corrected chi connectivity index (χ4v) is 3.70. The summed E-state index contributed by atoms with van der Waals surface area (Å²) >= 11 is 0. The number of carbonyl (C=O) groups excluding carboxylic acids is 1. The molecule has 0 bridgehead atoms. The molecule has 1 amide bonds. The lowest BCUT2D eigenvalue weighted by Gasteiger charge is -2.40. The van der Waals surface area contributed by atoms with Gasteiger partial charge >= 0.3 is 12.4 Å². The standard InChI is InChI=1S/C18H21F6N3O2/c19-17(20,21)9-2-5-15(28)26-10-8-12-6-7-16(27(12)11-26)29-14-4-1-3-13(25-14)18(22,23)24/h1,3-4,12,16H,2,5-11H2/t12-,16-/m0/s1. The minimum absolute atomic E-state index is 0.116. The van der Waals surface area contributed by atoms with Gasteiger partial charge in [-0.25, -0.2) is 9.88 Å². The van der Waals surface area contributed by atoms with Crippen molar-refractivity contribution in [3.63, 3.8) is 0 Å². The Morgan fingerprint density at radius 2 is 1.90 bits per heavy atom. The number of hydrogen-bond acceptors (Lipinski definition) is 4. The molecule has 1 aromatic rings. The Kier molecular flexibility index (Phi) is 6.25. The molecular formula is C18H21F6N3O2. The molecule has 0 spiro atoms. The van der Waals surface area contributed by atoms with Crippen molar-refractivity contribution in [3.8, 4) is 5.88 Å². The summed E-state index contributed by atoms with van der Waals surface area (Å²) < 4.78 is 80.9. The highest BCUT2D eigenvalue weighted by atomic mass is 19.4. The lowest BCUT2D eigenvalue weighted by molar-refractivity contribution is -0.145. The van der Waals surface area contributed by atoms with Crippen LogP contribution in [0.3, 0.4) is 0 Å². The van der Waals surface area contributed by atoms with Crippen LogP contribution in [0.5, 0.6) is 5.88 Å². The summed E-state index contributed by atoms with van der Waals surface area (Å²) in [7, 11) is 0. The van der Waals surface area contributed by atoms with Gasteiger partial charge in [-0.15, -0.1) is 0 Å². The molecule has 11 heteroatoms. The number of fused-ring (bicyclic) bond motifs is 1. The van der Waals surface area contributed by atoms with Crippen LogP contribution in [0.4, 0.5) is 26.3 Å². The number of carbonyl (C=O) groups is 1. The molecule has 162 valence electrons. The zero-order valence-electron chi connectivity index (χ0n) is 15.5. The van der Waals surface area contributed by atoms with Gasteiger partial charge in [-0.3, -0.25) is 4.79 Å². The fraction of sp³-hybridized carbons (Fsp3) is 0.667. The first-order valence-electron chi connectivity index (χ1n) is 9.34. The van der Waals surface area contributed by atoms with Crippen molar-refractivity contribution < 1.29 is 35.9 Å². The Balaban J connectivity index is 1.59. The first kappa shape index (κ1) is 21.7. The van der Waals surface area contributed by atoms with Gasteiger partial charge in [-0.1, -0.05) is 6.07 Å². The van der Waals surface area contributed by atoms with Gasteiger partial charge in [0.15, 0.2) is 6.23 Å². The average Bonchev–Trinajstić information content (AvgIpc) is 3.02. The van der Waals surface area contributed by atoms with Crippen LogP contribution < -0.4 is 4.74 Å². The number of aromatic nitrogens is 1. The number of ether oxygens (including phenoxy) is 1. The van der Waals surface area contributed by atoms with E-state index >= 15 is 0 Å². The predicted octanol–water partition coefficient (Wildman–Crippen LogP) is 4.19. The fourth-order valence-electron chi connectivity index (χ4n) is 3.70. The first-order chi connectivity index (χ1) is 13.5. The molecule has 2 aliphatic rings. The monoisotopic (exact) mass is 425 g/mol. The highest BCUT2D eigenvalue weighted by Gasteiger charge is 2.40. The second-order valence-electron chi connectivity index (χ2n) is 7.23. The molecule has 29 heavy (non-hydrogen) atoms. The van der Waals surface area contributed by atoms with Crippen molar-refractivity contribution in [1.29, 1.82) is 0 Å². The van der Waals surface area contributed by atoms with Gasteiger partial charge in [0.05, 0.1) is 6.67 Å². The van der Waals surface area contributed by atoms with Crippen molar-refractivity contribution in [1.82, 2.24) is 14.8 Å². The minimum Gasteiger partial charge on any atom is -0.458 e. The molecule has 0 aliphatic carbocycles. The number of alkyl halides is 6. The third kappa shape index (κ3) is 5.74. The molecule has 2 saturated heterocycles. The Morgan fingerprint density at radius 3 is 2.59 bits per heavy atom. The summed E-state index contributed by atoms with van der Waals surface area (Å²) in [6.07, 6.45) is -8.91. The van der Waals surface area contributed by atoms with Crippen LogP contribution in [0.25, 0.3) is 0 Å². The molecule has 1 aromatic heterocycles. The quantitative estimate of drug-likeness (QED) is 0.664. The van der Waals surface area contributed by atoms with Crippen molar-refractivity contribution in [2.75, 3.05) is 13.2 Å². The van der Waals surface area contributed by atoms with Crippen LogP contribution in [0, 0.1) is 0 Å². The molecule has 0 radical (unpaired) electrons. The Labute approximate surface area is 163 Å². The van der Waals surface area contributed by atoms with E-state index in [1.54, 1.807) is 0 Å². The van der Waals surface area contributed by atoms with Gasteiger partial charge < -0.3 is 9.64 Å². The smallest absolute Gasteiger partial charge is 0.433 e. The van der Waals surface area contributed by atoms with Crippen molar-refractivity contribution >= 4 is 5.91 Å². The summed E-state index contributed by atoms with van der Waals surface area (Å²) in [6.45, 7) is 0.625. The lowest BCUT2D eigenvalue weighted by Crippen LogP contribution is -2.53. The van der Waals surface area contributed by atoms with E-state index < -0.39 is 30.7 Å². The summed E-state index contributed by atoms with van der Waals surface area (Å²) in [5.41, 5.74) is -1.05. The van der Waals surface area contributed by atoms with Gasteiger partial charge in [0, 0.05) is 31.5 Å². The lowest BCUT2D eigenvalue weighted by atomic mass is 10.1. The second kappa shape index (κ2) is 8.37. The number of amides is 1. The van der Waals surface area contributed by atoms with E-state index in [0.717, 1.165) is 12.5 Å². The second-order valence-corrected chi connectivity index (χ2v) is 7.23. The van der Waals surface area contributed by atoms with Crippen molar-refractivity contribution in [3.05, 3.63) is 23.9 Å². The largest absolute Gasteiger partial charge is 0.458 e. The van der Waals surface area contributed by atoms with Crippen molar-refractivity contribution in [2.24, 2.45) is 0 Å². The van der Waals surface area contributed by atoms with Gasteiger partial charge in [0.2, 0.25) is 11.8 Å². The molecule has 0 aromatic carbocycles. The van der Waals surface area contributed by atoms with Gasteiger partial charge in [0.1, 0.15) is 5.69 Å². The van der Waals surface area contributed by atoms with E-state index in [1.165, 1.54) is 17.0 Å². The Morgan fingerprint density at radius 1 is 1.14 bits per heavy atom. The predicted molar refractivity (Wildman–Crippen MR) is 89.6 cm³/mol. The van der Waals surface area contributed by atoms with Crippen LogP contribution >= 0.6 is 0 Å². The van der Waals surface area contributed by atoms with Crippen molar-refractivity contribution in [2.45, 2.75) is 63.1 Å². The third-order valence-corrected chi connectivity index (χ3v) is 5.13. The molecule has 0 N–H and O–H groups in total. The summed E-state index contributed by atoms with van der Waals surface area (Å²) in [5, 5.41) is 0. The van der Waals surface area contributed by atoms with E-state index in [1.807, 2.05) is 4.90 Å². The summed E-state index contributed by atoms with van der Waals surface area (Å²) in [6, 6.07) is 3.52. The number of nitrogens with zero attached hydrogens (tertiary/aromatic N) is 3. The number of pyridine rings is 1. The molecular weight excluding hydrogens is 404 g/mol. The normalized spacial score (nSPS) is 23.2. The number of hydrogen-bond donors (Lipinski definition) is 0. The molecule has 3 heterocycles. The first-order valence-corrected chi connectivity index (χ1v) is 9.34. The molecule has 3 rings (SSSR count). The molecule has 5 nitrogen and oxygen atoms in total. The maximum Gasteiger partial charge on any atom is 0.433 e. The van der Waals surface area contributed by atoms with E-state index in [0.29, 0.717) is 19.4 Å². The maximum absolute atomic E-state index is 12.8. The Bertz CT molecular complexity index is 724. The number of rotatable bonds is 5. The van der Waals surface area contributed by atoms with E-state index in [-0.39, 0.29) is 37.3 Å². The van der Waals surface area contributed by atoms with E-state index in [4.69, 9.17) is 4.74 Å². The van der Waals surface area contributed by atoms with Crippen LogP contribution in [0.2, 0.25) is 0 Å². The van der Waals surface area contributed by atoms with Gasteiger partial charge in [-0.05, 0) is 31.7 Å². The van der Waals surface area contributed by atoms with Crippen LogP contribution in [0.1, 0.15) is 44.2 Å². The van der Waals surface area contributed by atoms with Crippen LogP contribution in [-0.4, -0.2) is 52.4 Å². The maximum atomic E-state index is 12.8. The molecule has 2 aliphatic heterocycles. The summed E-state index contributed by atoms with van der Waals surface area (Å²) in [5.74, 6) is -0.519. The molecule has 2 fully saturated rings. The molecule has 0 unspecified atom stereocenters. The van der Waals surface area contributed by atoms with Crippen LogP contribution in [0.15, 0.2) is 18.2 Å². The number of halogens is 6.